The molecule has 0 heterocycles. The predicted molar refractivity (Wildman–Crippen MR) is 60.2 cm³/mol. The van der Waals surface area contributed by atoms with Gasteiger partial charge in [0, 0.05) is 5.56 Å². The molecule has 0 saturated heterocycles. The summed E-state index contributed by atoms with van der Waals surface area (Å²) in [5.41, 5.74) is 6.94. The van der Waals surface area contributed by atoms with Crippen LogP contribution in [0.1, 0.15) is 24.0 Å². The SMILES string of the molecule is COc1c(C)cc(F)c(Cl)c1C(C)CN. The third-order valence-electron chi connectivity index (χ3n) is 2.44. The van der Waals surface area contributed by atoms with Crippen molar-refractivity contribution in [2.75, 3.05) is 13.7 Å². The molecule has 1 unspecified atom stereocenters. The molecule has 0 saturated carbocycles. The summed E-state index contributed by atoms with van der Waals surface area (Å²) in [6.45, 7) is 4.08. The lowest BCUT2D eigenvalue weighted by Gasteiger charge is -2.18. The van der Waals surface area contributed by atoms with Crippen molar-refractivity contribution >= 4 is 11.6 Å². The molecule has 1 atom stereocenters. The fourth-order valence-electron chi connectivity index (χ4n) is 1.59. The van der Waals surface area contributed by atoms with Gasteiger partial charge >= 0.3 is 0 Å². The monoisotopic (exact) mass is 231 g/mol. The Kier molecular flexibility index (Phi) is 3.94. The fraction of sp³-hybridized carbons (Fsp3) is 0.455. The largest absolute Gasteiger partial charge is 0.496 e. The van der Waals surface area contributed by atoms with E-state index < -0.39 is 5.82 Å². The first-order valence-corrected chi connectivity index (χ1v) is 5.13. The van der Waals surface area contributed by atoms with E-state index in [4.69, 9.17) is 22.1 Å². The second kappa shape index (κ2) is 4.81. The van der Waals surface area contributed by atoms with Crippen molar-refractivity contribution in [2.24, 2.45) is 5.73 Å². The summed E-state index contributed by atoms with van der Waals surface area (Å²) in [7, 11) is 1.54. The Balaban J connectivity index is 3.43. The Morgan fingerprint density at radius 2 is 2.20 bits per heavy atom. The van der Waals surface area contributed by atoms with Crippen LogP contribution in [0.5, 0.6) is 5.75 Å². The highest BCUT2D eigenvalue weighted by Gasteiger charge is 2.19. The first-order valence-electron chi connectivity index (χ1n) is 4.75. The molecule has 0 aliphatic carbocycles. The van der Waals surface area contributed by atoms with Crippen LogP contribution in [0, 0.1) is 12.7 Å². The smallest absolute Gasteiger partial charge is 0.142 e. The fourth-order valence-corrected chi connectivity index (χ4v) is 1.92. The average Bonchev–Trinajstić information content (AvgIpc) is 2.21. The van der Waals surface area contributed by atoms with Gasteiger partial charge in [-0.15, -0.1) is 0 Å². The number of methoxy groups -OCH3 is 1. The van der Waals surface area contributed by atoms with E-state index >= 15 is 0 Å². The van der Waals surface area contributed by atoms with E-state index in [-0.39, 0.29) is 10.9 Å². The van der Waals surface area contributed by atoms with Gasteiger partial charge in [0.25, 0.3) is 0 Å². The van der Waals surface area contributed by atoms with E-state index in [1.807, 2.05) is 6.92 Å². The number of hydrogen-bond donors (Lipinski definition) is 1. The summed E-state index contributed by atoms with van der Waals surface area (Å²) in [5.74, 6) is 0.173. The average molecular weight is 232 g/mol. The molecule has 1 rings (SSSR count). The Hall–Kier alpha value is -0.800. The van der Waals surface area contributed by atoms with Gasteiger partial charge in [0.2, 0.25) is 0 Å². The predicted octanol–water partition coefficient (Wildman–Crippen LogP) is 2.86. The van der Waals surface area contributed by atoms with Gasteiger partial charge in [-0.1, -0.05) is 18.5 Å². The zero-order chi connectivity index (χ0) is 11.6. The lowest BCUT2D eigenvalue weighted by molar-refractivity contribution is 0.402. The molecule has 1 aromatic carbocycles. The van der Waals surface area contributed by atoms with E-state index in [0.717, 1.165) is 5.56 Å². The summed E-state index contributed by atoms with van der Waals surface area (Å²) in [6.07, 6.45) is 0. The number of benzene rings is 1. The minimum atomic E-state index is -0.426. The maximum Gasteiger partial charge on any atom is 0.142 e. The van der Waals surface area contributed by atoms with Gasteiger partial charge in [-0.25, -0.2) is 4.39 Å². The molecule has 15 heavy (non-hydrogen) atoms. The van der Waals surface area contributed by atoms with Crippen molar-refractivity contribution in [3.8, 4) is 5.75 Å². The molecule has 0 spiro atoms. The summed E-state index contributed by atoms with van der Waals surface area (Å²) < 4.78 is 18.7. The number of aryl methyl sites for hydroxylation is 1. The molecule has 2 nitrogen and oxygen atoms in total. The number of rotatable bonds is 3. The number of hydrogen-bond acceptors (Lipinski definition) is 2. The second-order valence-electron chi connectivity index (χ2n) is 3.57. The van der Waals surface area contributed by atoms with Crippen LogP contribution in [-0.2, 0) is 0 Å². The van der Waals surface area contributed by atoms with Crippen LogP contribution < -0.4 is 10.5 Å². The molecule has 0 amide bonds. The van der Waals surface area contributed by atoms with Crippen molar-refractivity contribution < 1.29 is 9.13 Å². The van der Waals surface area contributed by atoms with E-state index in [2.05, 4.69) is 0 Å². The van der Waals surface area contributed by atoms with E-state index in [0.29, 0.717) is 17.9 Å². The van der Waals surface area contributed by atoms with Gasteiger partial charge in [-0.3, -0.25) is 0 Å². The lowest BCUT2D eigenvalue weighted by atomic mass is 9.97. The maximum absolute atomic E-state index is 13.4. The molecule has 0 aliphatic heterocycles. The van der Waals surface area contributed by atoms with Crippen molar-refractivity contribution in [2.45, 2.75) is 19.8 Å². The third-order valence-corrected chi connectivity index (χ3v) is 2.83. The minimum absolute atomic E-state index is 0.0261. The van der Waals surface area contributed by atoms with Crippen LogP contribution in [0.25, 0.3) is 0 Å². The van der Waals surface area contributed by atoms with Gasteiger partial charge in [-0.2, -0.15) is 0 Å². The van der Waals surface area contributed by atoms with Crippen molar-refractivity contribution in [1.82, 2.24) is 0 Å². The molecular formula is C11H15ClFNO. The Morgan fingerprint density at radius 3 is 2.67 bits per heavy atom. The summed E-state index contributed by atoms with van der Waals surface area (Å²) in [6, 6.07) is 1.37. The topological polar surface area (TPSA) is 35.2 Å². The molecule has 4 heteroatoms. The lowest BCUT2D eigenvalue weighted by Crippen LogP contribution is -2.12. The molecular weight excluding hydrogens is 217 g/mol. The van der Waals surface area contributed by atoms with Gasteiger partial charge in [-0.05, 0) is 31.0 Å². The van der Waals surface area contributed by atoms with Gasteiger partial charge in [0.1, 0.15) is 11.6 Å². The molecule has 0 radical (unpaired) electrons. The van der Waals surface area contributed by atoms with E-state index in [1.165, 1.54) is 6.07 Å². The minimum Gasteiger partial charge on any atom is -0.496 e. The van der Waals surface area contributed by atoms with Gasteiger partial charge in [0.05, 0.1) is 12.1 Å². The van der Waals surface area contributed by atoms with Crippen LogP contribution in [0.4, 0.5) is 4.39 Å². The summed E-state index contributed by atoms with van der Waals surface area (Å²) in [5, 5.41) is 0.107. The summed E-state index contributed by atoms with van der Waals surface area (Å²) in [4.78, 5) is 0. The standard InChI is InChI=1S/C11H15ClFNO/c1-6-4-8(13)10(12)9(7(2)5-14)11(6)15-3/h4,7H,5,14H2,1-3H3. The Labute approximate surface area is 94.2 Å². The molecule has 2 N–H and O–H groups in total. The molecule has 0 fully saturated rings. The van der Waals surface area contributed by atoms with Crippen LogP contribution in [0.2, 0.25) is 5.02 Å². The third kappa shape index (κ3) is 2.24. The molecule has 0 bridgehead atoms. The van der Waals surface area contributed by atoms with E-state index in [9.17, 15) is 4.39 Å². The second-order valence-corrected chi connectivity index (χ2v) is 3.95. The number of halogens is 2. The molecule has 84 valence electrons. The highest BCUT2D eigenvalue weighted by atomic mass is 35.5. The van der Waals surface area contributed by atoms with Crippen LogP contribution in [0.15, 0.2) is 6.07 Å². The molecule has 0 aliphatic rings. The highest BCUT2D eigenvalue weighted by molar-refractivity contribution is 6.31. The maximum atomic E-state index is 13.4. The molecule has 1 aromatic rings. The van der Waals surface area contributed by atoms with Crippen LogP contribution in [-0.4, -0.2) is 13.7 Å². The van der Waals surface area contributed by atoms with Crippen molar-refractivity contribution in [3.63, 3.8) is 0 Å². The first-order chi connectivity index (χ1) is 7.02. The van der Waals surface area contributed by atoms with Crippen LogP contribution in [0.3, 0.4) is 0 Å². The van der Waals surface area contributed by atoms with E-state index in [1.54, 1.807) is 14.0 Å². The van der Waals surface area contributed by atoms with Crippen molar-refractivity contribution in [1.29, 1.82) is 0 Å². The number of ether oxygens (including phenoxy) is 1. The van der Waals surface area contributed by atoms with Crippen molar-refractivity contribution in [3.05, 3.63) is 28.0 Å². The Morgan fingerprint density at radius 1 is 1.60 bits per heavy atom. The molecule has 0 aromatic heterocycles. The zero-order valence-electron chi connectivity index (χ0n) is 9.10. The highest BCUT2D eigenvalue weighted by Crippen LogP contribution is 2.37. The Bertz CT molecular complexity index is 368. The van der Waals surface area contributed by atoms with Gasteiger partial charge < -0.3 is 10.5 Å². The number of nitrogens with two attached hydrogens (primary N) is 1. The quantitative estimate of drug-likeness (QED) is 0.868. The zero-order valence-corrected chi connectivity index (χ0v) is 9.86. The van der Waals surface area contributed by atoms with Crippen LogP contribution >= 0.6 is 11.6 Å². The van der Waals surface area contributed by atoms with Gasteiger partial charge in [0.15, 0.2) is 0 Å². The first kappa shape index (κ1) is 12.3. The summed E-state index contributed by atoms with van der Waals surface area (Å²) >= 11 is 5.91. The normalized spacial score (nSPS) is 12.7.